The van der Waals surface area contributed by atoms with Gasteiger partial charge in [0, 0.05) is 12.2 Å². The molecule has 2 bridgehead atoms. The Kier molecular flexibility index (Phi) is 6.18. The number of hydrogen-bond donors (Lipinski definition) is 2. The first-order valence-electron chi connectivity index (χ1n) is 10.9. The van der Waals surface area contributed by atoms with Crippen LogP contribution in [0.25, 0.3) is 0 Å². The Morgan fingerprint density at radius 3 is 2.17 bits per heavy atom. The van der Waals surface area contributed by atoms with Crippen molar-refractivity contribution in [3.63, 3.8) is 0 Å². The summed E-state index contributed by atoms with van der Waals surface area (Å²) in [7, 11) is 0. The zero-order valence-corrected chi connectivity index (χ0v) is 17.4. The second-order valence-corrected chi connectivity index (χ2v) is 8.69. The maximum absolute atomic E-state index is 13.0. The Morgan fingerprint density at radius 1 is 1.03 bits per heavy atom. The van der Waals surface area contributed by atoms with Crippen LogP contribution in [0.4, 0.5) is 0 Å². The molecule has 2 N–H and O–H groups in total. The lowest BCUT2D eigenvalue weighted by atomic mass is 9.84. The van der Waals surface area contributed by atoms with Gasteiger partial charge in [-0.3, -0.25) is 4.79 Å². The fourth-order valence-electron chi connectivity index (χ4n) is 5.25. The fraction of sp³-hybridized carbons (Fsp3) is 0.385. The quantitative estimate of drug-likeness (QED) is 0.523. The number of fused-ring (bicyclic) bond motifs is 2. The van der Waals surface area contributed by atoms with Gasteiger partial charge in [0.15, 0.2) is 0 Å². The third-order valence-corrected chi connectivity index (χ3v) is 6.83. The van der Waals surface area contributed by atoms with Crippen LogP contribution in [-0.4, -0.2) is 11.9 Å². The van der Waals surface area contributed by atoms with E-state index in [0.717, 1.165) is 23.0 Å². The van der Waals surface area contributed by atoms with Crippen LogP contribution in [0.3, 0.4) is 0 Å². The van der Waals surface area contributed by atoms with E-state index in [2.05, 4.69) is 23.6 Å². The van der Waals surface area contributed by atoms with E-state index in [1.165, 1.54) is 25.7 Å². The number of benzene rings is 2. The van der Waals surface area contributed by atoms with Crippen LogP contribution < -0.4 is 10.6 Å². The van der Waals surface area contributed by atoms with E-state index in [0.29, 0.717) is 5.92 Å². The molecule has 2 aromatic rings. The summed E-state index contributed by atoms with van der Waals surface area (Å²) in [5.74, 6) is 1.96. The fourth-order valence-corrected chi connectivity index (χ4v) is 5.25. The van der Waals surface area contributed by atoms with Crippen LogP contribution in [-0.2, 0) is 4.79 Å². The van der Waals surface area contributed by atoms with E-state index in [1.54, 1.807) is 6.20 Å². The molecule has 0 radical (unpaired) electrons. The van der Waals surface area contributed by atoms with E-state index in [-0.39, 0.29) is 23.6 Å². The number of amides is 1. The third-order valence-electron chi connectivity index (χ3n) is 6.83. The molecule has 0 aliphatic heterocycles. The highest BCUT2D eigenvalue weighted by Crippen LogP contribution is 2.49. The number of nitrogens with zero attached hydrogens (tertiary/aromatic N) is 1. The lowest BCUT2D eigenvalue weighted by Crippen LogP contribution is -2.35. The Morgan fingerprint density at radius 2 is 1.67 bits per heavy atom. The molecule has 0 spiro atoms. The molecule has 4 atom stereocenters. The normalized spacial score (nSPS) is 23.8. The lowest BCUT2D eigenvalue weighted by molar-refractivity contribution is -0.117. The average molecular weight is 400 g/mol. The molecular weight excluding hydrogens is 370 g/mol. The van der Waals surface area contributed by atoms with Gasteiger partial charge in [-0.2, -0.15) is 5.26 Å². The van der Waals surface area contributed by atoms with E-state index in [9.17, 15) is 10.1 Å². The van der Waals surface area contributed by atoms with Gasteiger partial charge in [0.25, 0.3) is 5.91 Å². The highest BCUT2D eigenvalue weighted by molar-refractivity contribution is 5.97. The first-order valence-corrected chi connectivity index (χ1v) is 10.9. The van der Waals surface area contributed by atoms with Crippen LogP contribution >= 0.6 is 0 Å². The SMILES string of the molecule is CC(N/C=C(/C#N)C(=O)NC(c1ccccc1)c1ccccc1)C1CC2CCC1C2. The van der Waals surface area contributed by atoms with E-state index in [1.807, 2.05) is 60.7 Å². The first-order chi connectivity index (χ1) is 14.7. The van der Waals surface area contributed by atoms with Crippen LogP contribution in [0, 0.1) is 29.1 Å². The molecule has 2 fully saturated rings. The highest BCUT2D eigenvalue weighted by atomic mass is 16.1. The van der Waals surface area contributed by atoms with Crippen LogP contribution in [0.1, 0.15) is 49.8 Å². The van der Waals surface area contributed by atoms with Gasteiger partial charge in [0.05, 0.1) is 6.04 Å². The summed E-state index contributed by atoms with van der Waals surface area (Å²) in [5.41, 5.74) is 2.08. The van der Waals surface area contributed by atoms with E-state index in [4.69, 9.17) is 0 Å². The van der Waals surface area contributed by atoms with E-state index >= 15 is 0 Å². The van der Waals surface area contributed by atoms with Gasteiger partial charge < -0.3 is 10.6 Å². The molecule has 4 nitrogen and oxygen atoms in total. The number of rotatable bonds is 7. The maximum Gasteiger partial charge on any atom is 0.264 e. The van der Waals surface area contributed by atoms with Gasteiger partial charge in [0.1, 0.15) is 11.6 Å². The van der Waals surface area contributed by atoms with Crippen molar-refractivity contribution in [1.29, 1.82) is 5.26 Å². The molecule has 0 aromatic heterocycles. The van der Waals surface area contributed by atoms with Crippen molar-refractivity contribution in [1.82, 2.24) is 10.6 Å². The molecule has 4 unspecified atom stereocenters. The second kappa shape index (κ2) is 9.17. The van der Waals surface area contributed by atoms with Crippen molar-refractivity contribution in [2.45, 2.75) is 44.7 Å². The number of hydrogen-bond acceptors (Lipinski definition) is 3. The van der Waals surface area contributed by atoms with Crippen LogP contribution in [0.2, 0.25) is 0 Å². The largest absolute Gasteiger partial charge is 0.387 e. The molecule has 2 aliphatic rings. The van der Waals surface area contributed by atoms with Crippen molar-refractivity contribution in [3.05, 3.63) is 83.6 Å². The molecule has 4 heteroatoms. The van der Waals surface area contributed by atoms with Crippen molar-refractivity contribution in [2.24, 2.45) is 17.8 Å². The molecule has 1 amide bonds. The smallest absolute Gasteiger partial charge is 0.264 e. The maximum atomic E-state index is 13.0. The highest BCUT2D eigenvalue weighted by Gasteiger charge is 2.41. The molecule has 4 rings (SSSR count). The molecule has 154 valence electrons. The van der Waals surface area contributed by atoms with Crippen LogP contribution in [0.5, 0.6) is 0 Å². The summed E-state index contributed by atoms with van der Waals surface area (Å²) < 4.78 is 0. The van der Waals surface area contributed by atoms with E-state index < -0.39 is 0 Å². The summed E-state index contributed by atoms with van der Waals surface area (Å²) in [6.07, 6.45) is 6.92. The van der Waals surface area contributed by atoms with Gasteiger partial charge in [-0.15, -0.1) is 0 Å². The van der Waals surface area contributed by atoms with Crippen molar-refractivity contribution in [2.75, 3.05) is 0 Å². The number of carbonyl (C=O) groups is 1. The molecule has 0 heterocycles. The Bertz CT molecular complexity index is 892. The zero-order valence-electron chi connectivity index (χ0n) is 17.4. The lowest BCUT2D eigenvalue weighted by Gasteiger charge is -2.28. The first kappa shape index (κ1) is 20.2. The summed E-state index contributed by atoms with van der Waals surface area (Å²) >= 11 is 0. The van der Waals surface area contributed by atoms with Gasteiger partial charge in [-0.05, 0) is 55.1 Å². The number of nitrogens with one attached hydrogen (secondary N) is 2. The van der Waals surface area contributed by atoms with Crippen molar-refractivity contribution < 1.29 is 4.79 Å². The summed E-state index contributed by atoms with van der Waals surface area (Å²) in [4.78, 5) is 13.0. The third kappa shape index (κ3) is 4.41. The van der Waals surface area contributed by atoms with Gasteiger partial charge >= 0.3 is 0 Å². The summed E-state index contributed by atoms with van der Waals surface area (Å²) in [6, 6.07) is 21.7. The average Bonchev–Trinajstić information content (AvgIpc) is 3.43. The molecule has 2 saturated carbocycles. The Balaban J connectivity index is 1.46. The Hall–Kier alpha value is -3.06. The summed E-state index contributed by atoms with van der Waals surface area (Å²) in [5, 5.41) is 16.0. The van der Waals surface area contributed by atoms with Crippen molar-refractivity contribution >= 4 is 5.91 Å². The predicted octanol–water partition coefficient (Wildman–Crippen LogP) is 4.71. The molecule has 0 saturated heterocycles. The number of carbonyl (C=O) groups excluding carboxylic acids is 1. The van der Waals surface area contributed by atoms with Gasteiger partial charge in [-0.1, -0.05) is 67.1 Å². The van der Waals surface area contributed by atoms with Gasteiger partial charge in [-0.25, -0.2) is 0 Å². The topological polar surface area (TPSA) is 64.9 Å². The minimum Gasteiger partial charge on any atom is -0.387 e. The zero-order chi connectivity index (χ0) is 20.9. The van der Waals surface area contributed by atoms with Crippen LogP contribution in [0.15, 0.2) is 72.4 Å². The monoisotopic (exact) mass is 399 g/mol. The Labute approximate surface area is 179 Å². The minimum absolute atomic E-state index is 0.113. The number of nitriles is 1. The minimum atomic E-state index is -0.358. The molecule has 30 heavy (non-hydrogen) atoms. The second-order valence-electron chi connectivity index (χ2n) is 8.69. The van der Waals surface area contributed by atoms with Gasteiger partial charge in [0.2, 0.25) is 0 Å². The summed E-state index contributed by atoms with van der Waals surface area (Å²) in [6.45, 7) is 2.17. The standard InChI is InChI=1S/C26H29N3O/c1-18(24-15-19-12-13-22(24)14-19)28-17-23(16-27)26(30)29-25(20-8-4-2-5-9-20)21-10-6-3-7-11-21/h2-11,17-19,22,24-25,28H,12-15H2,1H3,(H,29,30)/b23-17-. The molecule has 2 aliphatic carbocycles. The molecular formula is C26H29N3O. The van der Waals surface area contributed by atoms with Crippen molar-refractivity contribution in [3.8, 4) is 6.07 Å². The molecule has 2 aromatic carbocycles. The predicted molar refractivity (Wildman–Crippen MR) is 118 cm³/mol.